The maximum atomic E-state index is 10.9. The Hall–Kier alpha value is -2.97. The van der Waals surface area contributed by atoms with Gasteiger partial charge in [-0.15, -0.1) is 0 Å². The van der Waals surface area contributed by atoms with Gasteiger partial charge in [0.25, 0.3) is 5.69 Å². The molecule has 0 atom stereocenters. The normalized spacial score (nSPS) is 16.0. The SMILES string of the molecule is CN=C(NCc1cccc([N+](=O)[O-])c1)N1CCC(c2ncn[nH]2)CC1. The lowest BCUT2D eigenvalue weighted by Gasteiger charge is -2.33. The van der Waals surface area contributed by atoms with Crippen LogP contribution in [0.4, 0.5) is 5.69 Å². The zero-order valence-corrected chi connectivity index (χ0v) is 14.1. The summed E-state index contributed by atoms with van der Waals surface area (Å²) in [5.41, 5.74) is 0.953. The Balaban J connectivity index is 1.55. The number of benzene rings is 1. The van der Waals surface area contributed by atoms with Gasteiger partial charge in [-0.25, -0.2) is 4.98 Å². The number of aromatic amines is 1. The number of guanidine groups is 1. The standard InChI is InChI=1S/C16H21N7O2/c1-17-16(18-10-12-3-2-4-14(9-12)23(24)25)22-7-5-13(6-8-22)15-19-11-20-21-15/h2-4,9,11,13H,5-8,10H2,1H3,(H,17,18)(H,19,20,21). The third-order valence-corrected chi connectivity index (χ3v) is 4.40. The highest BCUT2D eigenvalue weighted by atomic mass is 16.6. The van der Waals surface area contributed by atoms with E-state index in [1.165, 1.54) is 6.07 Å². The van der Waals surface area contributed by atoms with Gasteiger partial charge in [0.1, 0.15) is 12.2 Å². The smallest absolute Gasteiger partial charge is 0.269 e. The topological polar surface area (TPSA) is 112 Å². The number of nitrogens with one attached hydrogen (secondary N) is 2. The lowest BCUT2D eigenvalue weighted by molar-refractivity contribution is -0.384. The van der Waals surface area contributed by atoms with E-state index in [1.807, 2.05) is 6.07 Å². The largest absolute Gasteiger partial charge is 0.352 e. The summed E-state index contributed by atoms with van der Waals surface area (Å²) in [5, 5.41) is 21.0. The van der Waals surface area contributed by atoms with Gasteiger partial charge in [-0.05, 0) is 18.4 Å². The fourth-order valence-corrected chi connectivity index (χ4v) is 3.07. The van der Waals surface area contributed by atoms with Crippen LogP contribution >= 0.6 is 0 Å². The van der Waals surface area contributed by atoms with E-state index in [1.54, 1.807) is 25.5 Å². The van der Waals surface area contributed by atoms with Crippen LogP contribution in [0.1, 0.15) is 30.1 Å². The minimum atomic E-state index is -0.382. The highest BCUT2D eigenvalue weighted by Crippen LogP contribution is 2.25. The molecule has 1 aliphatic heterocycles. The zero-order chi connectivity index (χ0) is 17.6. The summed E-state index contributed by atoms with van der Waals surface area (Å²) in [6.45, 7) is 2.25. The van der Waals surface area contributed by atoms with Crippen molar-refractivity contribution >= 4 is 11.6 Å². The monoisotopic (exact) mass is 343 g/mol. The molecule has 132 valence electrons. The average molecular weight is 343 g/mol. The van der Waals surface area contributed by atoms with E-state index in [-0.39, 0.29) is 10.6 Å². The van der Waals surface area contributed by atoms with E-state index in [0.29, 0.717) is 12.5 Å². The molecule has 0 bridgehead atoms. The number of piperidine rings is 1. The Labute approximate surface area is 145 Å². The number of nitrogens with zero attached hydrogens (tertiary/aromatic N) is 5. The van der Waals surface area contributed by atoms with Gasteiger partial charge in [-0.2, -0.15) is 5.10 Å². The number of hydrogen-bond acceptors (Lipinski definition) is 5. The molecule has 1 aromatic carbocycles. The predicted octanol–water partition coefficient (Wildman–Crippen LogP) is 1.67. The number of hydrogen-bond donors (Lipinski definition) is 2. The molecule has 9 nitrogen and oxygen atoms in total. The van der Waals surface area contributed by atoms with E-state index in [9.17, 15) is 10.1 Å². The molecule has 1 aromatic heterocycles. The second kappa shape index (κ2) is 7.73. The van der Waals surface area contributed by atoms with Gasteiger partial charge in [0.15, 0.2) is 5.96 Å². The summed E-state index contributed by atoms with van der Waals surface area (Å²) in [7, 11) is 1.75. The number of aliphatic imine (C=N–C) groups is 1. The Morgan fingerprint density at radius 2 is 2.28 bits per heavy atom. The fraction of sp³-hybridized carbons (Fsp3) is 0.438. The summed E-state index contributed by atoms with van der Waals surface area (Å²) in [5.74, 6) is 2.15. The maximum absolute atomic E-state index is 10.9. The zero-order valence-electron chi connectivity index (χ0n) is 14.1. The third kappa shape index (κ3) is 4.11. The summed E-state index contributed by atoms with van der Waals surface area (Å²) >= 11 is 0. The van der Waals surface area contributed by atoms with Gasteiger partial charge in [-0.3, -0.25) is 20.2 Å². The number of non-ortho nitro benzene ring substituents is 1. The Morgan fingerprint density at radius 3 is 2.92 bits per heavy atom. The molecular weight excluding hydrogens is 322 g/mol. The number of nitro groups is 1. The van der Waals surface area contributed by atoms with Gasteiger partial charge in [0.05, 0.1) is 4.92 Å². The van der Waals surface area contributed by atoms with Crippen LogP contribution in [-0.2, 0) is 6.54 Å². The van der Waals surface area contributed by atoms with Crippen LogP contribution in [0.5, 0.6) is 0 Å². The quantitative estimate of drug-likeness (QED) is 0.378. The third-order valence-electron chi connectivity index (χ3n) is 4.40. The van der Waals surface area contributed by atoms with Crippen molar-refractivity contribution < 1.29 is 4.92 Å². The van der Waals surface area contributed by atoms with Gasteiger partial charge in [0.2, 0.25) is 0 Å². The molecule has 9 heteroatoms. The first-order valence-corrected chi connectivity index (χ1v) is 8.21. The van der Waals surface area contributed by atoms with E-state index < -0.39 is 0 Å². The van der Waals surface area contributed by atoms with Crippen molar-refractivity contribution in [3.63, 3.8) is 0 Å². The molecule has 25 heavy (non-hydrogen) atoms. The molecule has 0 amide bonds. The average Bonchev–Trinajstić information content (AvgIpc) is 3.18. The molecule has 2 N–H and O–H groups in total. The van der Waals surface area contributed by atoms with E-state index in [4.69, 9.17) is 0 Å². The molecule has 1 aliphatic rings. The van der Waals surface area contributed by atoms with Crippen molar-refractivity contribution in [3.05, 3.63) is 52.1 Å². The Bertz CT molecular complexity index is 737. The minimum absolute atomic E-state index is 0.0992. The molecule has 0 radical (unpaired) electrons. The molecule has 2 aromatic rings. The van der Waals surface area contributed by atoms with E-state index in [0.717, 1.165) is 43.3 Å². The van der Waals surface area contributed by atoms with Crippen molar-refractivity contribution in [1.82, 2.24) is 25.4 Å². The number of aromatic nitrogens is 3. The van der Waals surface area contributed by atoms with Crippen LogP contribution in [0.25, 0.3) is 0 Å². The first-order chi connectivity index (χ1) is 12.2. The van der Waals surface area contributed by atoms with Crippen molar-refractivity contribution in [1.29, 1.82) is 0 Å². The van der Waals surface area contributed by atoms with Gasteiger partial charge < -0.3 is 10.2 Å². The number of nitro benzene ring substituents is 1. The highest BCUT2D eigenvalue weighted by molar-refractivity contribution is 5.80. The first kappa shape index (κ1) is 16.9. The maximum Gasteiger partial charge on any atom is 0.269 e. The number of rotatable bonds is 4. The fourth-order valence-electron chi connectivity index (χ4n) is 3.07. The van der Waals surface area contributed by atoms with Crippen LogP contribution < -0.4 is 5.32 Å². The highest BCUT2D eigenvalue weighted by Gasteiger charge is 2.24. The molecule has 0 spiro atoms. The molecule has 3 rings (SSSR count). The van der Waals surface area contributed by atoms with Crippen molar-refractivity contribution in [2.75, 3.05) is 20.1 Å². The molecule has 0 aliphatic carbocycles. The van der Waals surface area contributed by atoms with Crippen LogP contribution in [0.15, 0.2) is 35.6 Å². The summed E-state index contributed by atoms with van der Waals surface area (Å²) in [6.07, 6.45) is 3.50. The van der Waals surface area contributed by atoms with Crippen LogP contribution in [0, 0.1) is 10.1 Å². The van der Waals surface area contributed by atoms with E-state index >= 15 is 0 Å². The Kier molecular flexibility index (Phi) is 5.22. The van der Waals surface area contributed by atoms with Crippen molar-refractivity contribution in [2.45, 2.75) is 25.3 Å². The molecule has 0 saturated carbocycles. The molecule has 1 saturated heterocycles. The number of likely N-dealkylation sites (tertiary alicyclic amines) is 1. The molecule has 0 unspecified atom stereocenters. The van der Waals surface area contributed by atoms with Crippen molar-refractivity contribution in [2.24, 2.45) is 4.99 Å². The predicted molar refractivity (Wildman–Crippen MR) is 93.2 cm³/mol. The van der Waals surface area contributed by atoms with Crippen LogP contribution in [0.3, 0.4) is 0 Å². The van der Waals surface area contributed by atoms with Crippen LogP contribution in [-0.4, -0.2) is 51.1 Å². The van der Waals surface area contributed by atoms with Gasteiger partial charge >= 0.3 is 0 Å². The lowest BCUT2D eigenvalue weighted by Crippen LogP contribution is -2.45. The van der Waals surface area contributed by atoms with Crippen molar-refractivity contribution in [3.8, 4) is 0 Å². The van der Waals surface area contributed by atoms with Crippen LogP contribution in [0.2, 0.25) is 0 Å². The molecule has 1 fully saturated rings. The number of H-pyrrole nitrogens is 1. The summed E-state index contributed by atoms with van der Waals surface area (Å²) < 4.78 is 0. The molecular formula is C16H21N7O2. The summed E-state index contributed by atoms with van der Waals surface area (Å²) in [6, 6.07) is 6.63. The van der Waals surface area contributed by atoms with Gasteiger partial charge in [0, 0.05) is 44.7 Å². The van der Waals surface area contributed by atoms with Gasteiger partial charge in [-0.1, -0.05) is 12.1 Å². The second-order valence-electron chi connectivity index (χ2n) is 5.96. The first-order valence-electron chi connectivity index (χ1n) is 8.21. The Morgan fingerprint density at radius 1 is 1.48 bits per heavy atom. The second-order valence-corrected chi connectivity index (χ2v) is 5.96. The summed E-state index contributed by atoms with van der Waals surface area (Å²) in [4.78, 5) is 21.3. The van der Waals surface area contributed by atoms with E-state index in [2.05, 4.69) is 30.4 Å². The molecule has 2 heterocycles. The minimum Gasteiger partial charge on any atom is -0.352 e. The lowest BCUT2D eigenvalue weighted by atomic mass is 9.96.